The van der Waals surface area contributed by atoms with E-state index in [1.54, 1.807) is 0 Å². The fourth-order valence-corrected chi connectivity index (χ4v) is 1.55. The van der Waals surface area contributed by atoms with Gasteiger partial charge in [0.25, 0.3) is 5.91 Å². The van der Waals surface area contributed by atoms with Crippen LogP contribution in [0, 0.1) is 0 Å². The van der Waals surface area contributed by atoms with Crippen molar-refractivity contribution < 1.29 is 30.0 Å². The van der Waals surface area contributed by atoms with E-state index < -0.39 is 36.9 Å². The molecule has 0 heterocycles. The van der Waals surface area contributed by atoms with E-state index in [2.05, 4.69) is 5.32 Å². The first-order valence-corrected chi connectivity index (χ1v) is 6.15. The zero-order chi connectivity index (χ0) is 14.8. The molecule has 8 nitrogen and oxygen atoms in total. The number of nitrogens with one attached hydrogen (secondary N) is 1. The van der Waals surface area contributed by atoms with Gasteiger partial charge in [0.2, 0.25) is 0 Å². The van der Waals surface area contributed by atoms with Crippen LogP contribution in [0.5, 0.6) is 0 Å². The van der Waals surface area contributed by atoms with Gasteiger partial charge in [-0.25, -0.2) is 0 Å². The lowest BCUT2D eigenvalue weighted by molar-refractivity contribution is -0.153. The molecule has 7 N–H and O–H groups in total. The maximum absolute atomic E-state index is 11.5. The topological polar surface area (TPSA) is 145 Å². The van der Waals surface area contributed by atoms with Crippen molar-refractivity contribution in [1.29, 1.82) is 0 Å². The third kappa shape index (κ3) is 6.28. The number of rotatable bonds is 10. The third-order valence-corrected chi connectivity index (χ3v) is 2.70. The molecular formula is C11H24N2O6. The summed E-state index contributed by atoms with van der Waals surface area (Å²) >= 11 is 0. The Hall–Kier alpha value is -0.770. The van der Waals surface area contributed by atoms with E-state index in [0.29, 0.717) is 19.5 Å². The predicted molar refractivity (Wildman–Crippen MR) is 67.2 cm³/mol. The van der Waals surface area contributed by atoms with Crippen molar-refractivity contribution in [1.82, 2.24) is 5.32 Å². The van der Waals surface area contributed by atoms with Crippen LogP contribution in [0.1, 0.15) is 12.8 Å². The van der Waals surface area contributed by atoms with Crippen molar-refractivity contribution >= 4 is 5.91 Å². The Kier molecular flexibility index (Phi) is 9.66. The Labute approximate surface area is 112 Å². The maximum Gasteiger partial charge on any atom is 0.251 e. The monoisotopic (exact) mass is 280 g/mol. The minimum absolute atomic E-state index is 0.333. The van der Waals surface area contributed by atoms with E-state index >= 15 is 0 Å². The molecule has 0 rings (SSSR count). The summed E-state index contributed by atoms with van der Waals surface area (Å²) in [6.45, 7) is 0.190. The van der Waals surface area contributed by atoms with Crippen molar-refractivity contribution in [2.45, 2.75) is 37.3 Å². The molecule has 4 atom stereocenters. The summed E-state index contributed by atoms with van der Waals surface area (Å²) in [7, 11) is 1.19. The van der Waals surface area contributed by atoms with Gasteiger partial charge in [-0.3, -0.25) is 4.79 Å². The summed E-state index contributed by atoms with van der Waals surface area (Å²) < 4.78 is 4.76. The van der Waals surface area contributed by atoms with Crippen LogP contribution in [0.25, 0.3) is 0 Å². The lowest BCUT2D eigenvalue weighted by Crippen LogP contribution is -2.52. The third-order valence-electron chi connectivity index (χ3n) is 2.70. The lowest BCUT2D eigenvalue weighted by atomic mass is 10.0. The zero-order valence-electron chi connectivity index (χ0n) is 11.0. The minimum atomic E-state index is -1.75. The average molecular weight is 280 g/mol. The summed E-state index contributed by atoms with van der Waals surface area (Å²) in [5.74, 6) is -0.767. The van der Waals surface area contributed by atoms with E-state index in [0.717, 1.165) is 6.42 Å². The number of ether oxygens (including phenoxy) is 1. The predicted octanol–water partition coefficient (Wildman–Crippen LogP) is -3.07. The van der Waals surface area contributed by atoms with E-state index in [4.69, 9.17) is 15.6 Å². The molecule has 0 fully saturated rings. The highest BCUT2D eigenvalue weighted by Crippen LogP contribution is 2.09. The summed E-state index contributed by atoms with van der Waals surface area (Å²) in [4.78, 5) is 11.5. The van der Waals surface area contributed by atoms with Gasteiger partial charge in [0.05, 0.1) is 6.61 Å². The van der Waals surface area contributed by atoms with E-state index in [1.807, 2.05) is 0 Å². The second kappa shape index (κ2) is 10.1. The number of aliphatic hydroxyl groups excluding tert-OH is 4. The number of hydrogen-bond acceptors (Lipinski definition) is 7. The number of amides is 1. The fourth-order valence-electron chi connectivity index (χ4n) is 1.55. The van der Waals surface area contributed by atoms with Crippen molar-refractivity contribution in [3.05, 3.63) is 0 Å². The molecular weight excluding hydrogens is 256 g/mol. The van der Waals surface area contributed by atoms with Gasteiger partial charge in [0.1, 0.15) is 18.3 Å². The molecule has 0 aliphatic rings. The van der Waals surface area contributed by atoms with Gasteiger partial charge >= 0.3 is 0 Å². The molecule has 0 spiro atoms. The molecule has 0 aromatic rings. The van der Waals surface area contributed by atoms with Crippen LogP contribution in [0.2, 0.25) is 0 Å². The van der Waals surface area contributed by atoms with Gasteiger partial charge in [-0.15, -0.1) is 0 Å². The van der Waals surface area contributed by atoms with Gasteiger partial charge in [0, 0.05) is 13.7 Å². The highest BCUT2D eigenvalue weighted by molar-refractivity contribution is 5.81. The fraction of sp³-hybridized carbons (Fsp3) is 0.909. The lowest BCUT2D eigenvalue weighted by Gasteiger charge is -2.27. The number of carbonyl (C=O) groups is 1. The smallest absolute Gasteiger partial charge is 0.251 e. The van der Waals surface area contributed by atoms with E-state index in [1.165, 1.54) is 7.11 Å². The van der Waals surface area contributed by atoms with Crippen LogP contribution in [0.15, 0.2) is 0 Å². The number of nitrogens with two attached hydrogens (primary N) is 1. The quantitative estimate of drug-likeness (QED) is 0.233. The van der Waals surface area contributed by atoms with Crippen molar-refractivity contribution in [2.75, 3.05) is 26.8 Å². The standard InChI is InChI=1S/C11H24N2O6/c1-19-10(7(15)6-14)8(16)9(17)11(18)13-5-3-2-4-12/h7-10,14-17H,2-6,12H2,1H3,(H,13,18)/t7?,8-,9?,10-/m1/s1. The Morgan fingerprint density at radius 3 is 2.42 bits per heavy atom. The van der Waals surface area contributed by atoms with E-state index in [-0.39, 0.29) is 0 Å². The Bertz CT molecular complexity index is 253. The van der Waals surface area contributed by atoms with Crippen molar-refractivity contribution in [3.8, 4) is 0 Å². The SMILES string of the molecule is CO[C@H](C(O)CO)[C@H](O)C(O)C(=O)NCCCCN. The van der Waals surface area contributed by atoms with Crippen LogP contribution >= 0.6 is 0 Å². The molecule has 0 aromatic heterocycles. The van der Waals surface area contributed by atoms with Crippen molar-refractivity contribution in [2.24, 2.45) is 5.73 Å². The number of aliphatic hydroxyl groups is 4. The summed E-state index contributed by atoms with van der Waals surface area (Å²) in [6.07, 6.45) is -4.62. The molecule has 2 unspecified atom stereocenters. The Morgan fingerprint density at radius 1 is 1.32 bits per heavy atom. The van der Waals surface area contributed by atoms with Crippen LogP contribution < -0.4 is 11.1 Å². The summed E-state index contributed by atoms with van der Waals surface area (Å²) in [5, 5.41) is 39.9. The molecule has 1 amide bonds. The second-order valence-electron chi connectivity index (χ2n) is 4.17. The van der Waals surface area contributed by atoms with Gasteiger partial charge in [-0.2, -0.15) is 0 Å². The van der Waals surface area contributed by atoms with Gasteiger partial charge in [-0.05, 0) is 19.4 Å². The molecule has 0 aliphatic carbocycles. The van der Waals surface area contributed by atoms with Crippen LogP contribution in [0.4, 0.5) is 0 Å². The normalized spacial score (nSPS) is 17.6. The zero-order valence-corrected chi connectivity index (χ0v) is 11.0. The summed E-state index contributed by atoms with van der Waals surface area (Å²) in [5.41, 5.74) is 5.29. The molecule has 114 valence electrons. The first-order chi connectivity index (χ1) is 8.99. The number of unbranched alkanes of at least 4 members (excludes halogenated alkanes) is 1. The molecule has 0 aromatic carbocycles. The Morgan fingerprint density at radius 2 is 1.95 bits per heavy atom. The van der Waals surface area contributed by atoms with Crippen LogP contribution in [-0.4, -0.2) is 77.6 Å². The largest absolute Gasteiger partial charge is 0.394 e. The number of carbonyl (C=O) groups excluding carboxylic acids is 1. The number of hydrogen-bond donors (Lipinski definition) is 6. The van der Waals surface area contributed by atoms with Crippen LogP contribution in [0.3, 0.4) is 0 Å². The molecule has 19 heavy (non-hydrogen) atoms. The Balaban J connectivity index is 4.28. The number of methoxy groups -OCH3 is 1. The highest BCUT2D eigenvalue weighted by atomic mass is 16.5. The molecule has 0 radical (unpaired) electrons. The molecule has 0 saturated heterocycles. The van der Waals surface area contributed by atoms with Gasteiger partial charge in [0.15, 0.2) is 6.10 Å². The molecule has 8 heteroatoms. The molecule has 0 saturated carbocycles. The average Bonchev–Trinajstić information content (AvgIpc) is 2.42. The second-order valence-corrected chi connectivity index (χ2v) is 4.17. The first-order valence-electron chi connectivity index (χ1n) is 6.15. The minimum Gasteiger partial charge on any atom is -0.394 e. The summed E-state index contributed by atoms with van der Waals surface area (Å²) in [6, 6.07) is 0. The molecule has 0 aliphatic heterocycles. The van der Waals surface area contributed by atoms with Gasteiger partial charge < -0.3 is 36.2 Å². The van der Waals surface area contributed by atoms with Gasteiger partial charge in [-0.1, -0.05) is 0 Å². The van der Waals surface area contributed by atoms with E-state index in [9.17, 15) is 20.1 Å². The van der Waals surface area contributed by atoms with Crippen LogP contribution in [-0.2, 0) is 9.53 Å². The molecule has 0 bridgehead atoms. The first kappa shape index (κ1) is 18.2. The highest BCUT2D eigenvalue weighted by Gasteiger charge is 2.35. The maximum atomic E-state index is 11.5. The van der Waals surface area contributed by atoms with Crippen molar-refractivity contribution in [3.63, 3.8) is 0 Å².